The van der Waals surface area contributed by atoms with Crippen molar-refractivity contribution in [2.24, 2.45) is 5.92 Å². The summed E-state index contributed by atoms with van der Waals surface area (Å²) in [5.74, 6) is -1.41. The van der Waals surface area contributed by atoms with Crippen LogP contribution in [0.4, 0.5) is 9.93 Å². The van der Waals surface area contributed by atoms with Gasteiger partial charge >= 0.3 is 12.0 Å². The summed E-state index contributed by atoms with van der Waals surface area (Å²) in [6, 6.07) is 4.15. The molecule has 2 aromatic rings. The second-order valence-electron chi connectivity index (χ2n) is 7.21. The highest BCUT2D eigenvalue weighted by atomic mass is 32.1. The predicted molar refractivity (Wildman–Crippen MR) is 116 cm³/mol. The van der Waals surface area contributed by atoms with Gasteiger partial charge in [-0.2, -0.15) is 0 Å². The first-order chi connectivity index (χ1) is 15.3. The Balaban J connectivity index is 1.83. The number of urea groups is 1. The molecule has 0 radical (unpaired) electrons. The zero-order valence-electron chi connectivity index (χ0n) is 18.1. The van der Waals surface area contributed by atoms with Crippen LogP contribution in [0.3, 0.4) is 0 Å². The number of methoxy groups -OCH3 is 2. The number of carbonyl (C=O) groups excluding carboxylic acids is 4. The molecule has 0 aliphatic carbocycles. The van der Waals surface area contributed by atoms with Crippen LogP contribution >= 0.6 is 11.3 Å². The number of amides is 4. The molecule has 1 aliphatic rings. The van der Waals surface area contributed by atoms with Gasteiger partial charge in [-0.3, -0.25) is 9.59 Å². The number of thiazole rings is 1. The lowest BCUT2D eigenvalue weighted by molar-refractivity contribution is -0.135. The average Bonchev–Trinajstić information content (AvgIpc) is 3.38. The largest absolute Gasteiger partial charge is 0.497 e. The molecule has 4 amide bonds. The third-order valence-corrected chi connectivity index (χ3v) is 6.04. The minimum Gasteiger partial charge on any atom is -0.497 e. The zero-order chi connectivity index (χ0) is 23.4. The van der Waals surface area contributed by atoms with Crippen molar-refractivity contribution in [2.45, 2.75) is 32.4 Å². The molecule has 11 heteroatoms. The normalized spacial score (nSPS) is 17.5. The number of benzene rings is 1. The number of hydrogen-bond donors (Lipinski definition) is 2. The van der Waals surface area contributed by atoms with Crippen molar-refractivity contribution < 1.29 is 28.7 Å². The predicted octanol–water partition coefficient (Wildman–Crippen LogP) is 2.58. The van der Waals surface area contributed by atoms with Gasteiger partial charge in [-0.1, -0.05) is 32.4 Å². The Morgan fingerprint density at radius 1 is 1.25 bits per heavy atom. The fourth-order valence-corrected chi connectivity index (χ4v) is 4.02. The smallest absolute Gasteiger partial charge is 0.357 e. The van der Waals surface area contributed by atoms with Gasteiger partial charge in [0.25, 0.3) is 5.91 Å². The fourth-order valence-electron chi connectivity index (χ4n) is 3.34. The lowest BCUT2D eigenvalue weighted by atomic mass is 9.96. The average molecular weight is 461 g/mol. The number of carbonyl (C=O) groups is 4. The van der Waals surface area contributed by atoms with Gasteiger partial charge in [0.2, 0.25) is 5.91 Å². The van der Waals surface area contributed by atoms with E-state index in [4.69, 9.17) is 4.74 Å². The summed E-state index contributed by atoms with van der Waals surface area (Å²) in [6.45, 7) is 3.65. The Bertz CT molecular complexity index is 1020. The van der Waals surface area contributed by atoms with E-state index in [1.165, 1.54) is 19.6 Å². The first-order valence-electron chi connectivity index (χ1n) is 9.92. The first kappa shape index (κ1) is 23.2. The van der Waals surface area contributed by atoms with Gasteiger partial charge in [0.1, 0.15) is 17.8 Å². The SMILES string of the molecule is CC[C@@H](C)[C@@H](C(=O)Nc1nc(C(=O)OC)cs1)N1C(=O)N[C@H](c2ccc(OC)cc2)C1=O. The molecule has 0 bridgehead atoms. The molecule has 0 unspecified atom stereocenters. The molecule has 10 nitrogen and oxygen atoms in total. The van der Waals surface area contributed by atoms with Crippen LogP contribution in [0.2, 0.25) is 0 Å². The third-order valence-electron chi connectivity index (χ3n) is 5.28. The summed E-state index contributed by atoms with van der Waals surface area (Å²) in [6.07, 6.45) is 0.549. The second-order valence-corrected chi connectivity index (χ2v) is 8.07. The van der Waals surface area contributed by atoms with Gasteiger partial charge in [0.05, 0.1) is 14.2 Å². The summed E-state index contributed by atoms with van der Waals surface area (Å²) in [4.78, 5) is 55.6. The number of rotatable bonds is 8. The molecule has 2 N–H and O–H groups in total. The molecule has 1 aromatic heterocycles. The fraction of sp³-hybridized carbons (Fsp3) is 0.381. The van der Waals surface area contributed by atoms with Gasteiger partial charge in [-0.25, -0.2) is 19.5 Å². The van der Waals surface area contributed by atoms with Gasteiger partial charge < -0.3 is 20.1 Å². The minimum absolute atomic E-state index is 0.0578. The Morgan fingerprint density at radius 3 is 2.53 bits per heavy atom. The van der Waals surface area contributed by atoms with Gasteiger partial charge in [-0.05, 0) is 23.6 Å². The summed E-state index contributed by atoms with van der Waals surface area (Å²) in [5, 5.41) is 6.89. The highest BCUT2D eigenvalue weighted by Gasteiger charge is 2.47. The first-order valence-corrected chi connectivity index (χ1v) is 10.8. The number of nitrogens with zero attached hydrogens (tertiary/aromatic N) is 2. The van der Waals surface area contributed by atoms with E-state index in [9.17, 15) is 19.2 Å². The van der Waals surface area contributed by atoms with E-state index < -0.39 is 35.9 Å². The lowest BCUT2D eigenvalue weighted by Crippen LogP contribution is -2.51. The Morgan fingerprint density at radius 2 is 1.94 bits per heavy atom. The Labute approximate surface area is 188 Å². The highest BCUT2D eigenvalue weighted by Crippen LogP contribution is 2.29. The maximum absolute atomic E-state index is 13.2. The molecule has 1 saturated heterocycles. The number of aromatic nitrogens is 1. The van der Waals surface area contributed by atoms with Crippen LogP contribution < -0.4 is 15.4 Å². The van der Waals surface area contributed by atoms with Gasteiger partial charge in [-0.15, -0.1) is 11.3 Å². The molecule has 32 heavy (non-hydrogen) atoms. The second kappa shape index (κ2) is 9.77. The maximum Gasteiger partial charge on any atom is 0.357 e. The maximum atomic E-state index is 13.2. The quantitative estimate of drug-likeness (QED) is 0.458. The standard InChI is InChI=1S/C21H24N4O6S/c1-5-11(2)16(17(26)24-20-22-14(10-32-20)19(28)31-4)25-18(27)15(23-21(25)29)12-6-8-13(30-3)9-7-12/h6-11,15-16H,5H2,1-4H3,(H,23,29)(H,22,24,26)/t11-,15-,16+/m1/s1. The molecule has 1 aliphatic heterocycles. The number of nitrogens with one attached hydrogen (secondary N) is 2. The Kier molecular flexibility index (Phi) is 7.08. The number of esters is 1. The summed E-state index contributed by atoms with van der Waals surface area (Å²) in [5.41, 5.74) is 0.639. The van der Waals surface area contributed by atoms with Crippen molar-refractivity contribution in [3.05, 3.63) is 40.9 Å². The van der Waals surface area contributed by atoms with Gasteiger partial charge in [0, 0.05) is 5.38 Å². The Hall–Kier alpha value is -3.47. The highest BCUT2D eigenvalue weighted by molar-refractivity contribution is 7.14. The van der Waals surface area contributed by atoms with Crippen LogP contribution in [-0.2, 0) is 14.3 Å². The topological polar surface area (TPSA) is 127 Å². The monoisotopic (exact) mass is 460 g/mol. The molecule has 1 aromatic carbocycles. The molecular formula is C21H24N4O6S. The summed E-state index contributed by atoms with van der Waals surface area (Å²) in [7, 11) is 2.76. The molecule has 3 atom stereocenters. The lowest BCUT2D eigenvalue weighted by Gasteiger charge is -2.28. The molecule has 170 valence electrons. The molecule has 3 rings (SSSR count). The van der Waals surface area contributed by atoms with Crippen molar-refractivity contribution >= 4 is 40.3 Å². The molecule has 0 saturated carbocycles. The van der Waals surface area contributed by atoms with Crippen LogP contribution in [0.15, 0.2) is 29.6 Å². The van der Waals surface area contributed by atoms with Crippen LogP contribution in [0.25, 0.3) is 0 Å². The van der Waals surface area contributed by atoms with Crippen LogP contribution in [0.1, 0.15) is 42.4 Å². The molecule has 1 fully saturated rings. The number of hydrogen-bond acceptors (Lipinski definition) is 8. The van der Waals surface area contributed by atoms with Crippen LogP contribution in [-0.4, -0.2) is 54.0 Å². The molecular weight excluding hydrogens is 436 g/mol. The van der Waals surface area contributed by atoms with E-state index in [1.807, 2.05) is 6.92 Å². The van der Waals surface area contributed by atoms with E-state index in [2.05, 4.69) is 20.4 Å². The molecule has 0 spiro atoms. The van der Waals surface area contributed by atoms with E-state index in [0.717, 1.165) is 16.2 Å². The minimum atomic E-state index is -1.05. The van der Waals surface area contributed by atoms with Crippen molar-refractivity contribution in [2.75, 3.05) is 19.5 Å². The van der Waals surface area contributed by atoms with E-state index >= 15 is 0 Å². The number of imide groups is 1. The van der Waals surface area contributed by atoms with E-state index in [-0.39, 0.29) is 16.7 Å². The number of anilines is 1. The molecule has 2 heterocycles. The summed E-state index contributed by atoms with van der Waals surface area (Å²) < 4.78 is 9.74. The van der Waals surface area contributed by atoms with E-state index in [0.29, 0.717) is 17.7 Å². The number of ether oxygens (including phenoxy) is 2. The van der Waals surface area contributed by atoms with Crippen molar-refractivity contribution in [3.8, 4) is 5.75 Å². The van der Waals surface area contributed by atoms with Crippen molar-refractivity contribution in [3.63, 3.8) is 0 Å². The van der Waals surface area contributed by atoms with Gasteiger partial charge in [0.15, 0.2) is 10.8 Å². The third kappa shape index (κ3) is 4.57. The summed E-state index contributed by atoms with van der Waals surface area (Å²) >= 11 is 1.04. The van der Waals surface area contributed by atoms with Crippen LogP contribution in [0, 0.1) is 5.92 Å². The zero-order valence-corrected chi connectivity index (χ0v) is 18.9. The van der Waals surface area contributed by atoms with Crippen molar-refractivity contribution in [1.29, 1.82) is 0 Å². The van der Waals surface area contributed by atoms with Crippen molar-refractivity contribution in [1.82, 2.24) is 15.2 Å². The van der Waals surface area contributed by atoms with E-state index in [1.54, 1.807) is 31.2 Å². The van der Waals surface area contributed by atoms with Crippen LogP contribution in [0.5, 0.6) is 5.75 Å².